The minimum Gasteiger partial charge on any atom is -0.497 e. The lowest BCUT2D eigenvalue weighted by molar-refractivity contribution is -0.135. The van der Waals surface area contributed by atoms with Crippen molar-refractivity contribution in [2.75, 3.05) is 12.0 Å². The fourth-order valence-corrected chi connectivity index (χ4v) is 3.72. The molecule has 1 aromatic heterocycles. The van der Waals surface area contributed by atoms with Crippen LogP contribution in [0, 0.1) is 12.8 Å². The van der Waals surface area contributed by atoms with Crippen molar-refractivity contribution in [1.29, 1.82) is 0 Å². The Labute approximate surface area is 174 Å². The quantitative estimate of drug-likeness (QED) is 0.372. The van der Waals surface area contributed by atoms with E-state index >= 15 is 0 Å². The largest absolute Gasteiger partial charge is 0.497 e. The molecule has 6 nitrogen and oxygen atoms in total. The molecule has 2 heterocycles. The second-order valence-electron chi connectivity index (χ2n) is 7.15. The number of carbonyl (C=O) groups is 3. The van der Waals surface area contributed by atoms with Gasteiger partial charge in [0, 0.05) is 11.8 Å². The molecule has 0 N–H and O–H groups in total. The molecule has 150 valence electrons. The first-order chi connectivity index (χ1) is 14.5. The van der Waals surface area contributed by atoms with Gasteiger partial charge in [-0.15, -0.1) is 0 Å². The highest BCUT2D eigenvalue weighted by Gasteiger charge is 2.52. The van der Waals surface area contributed by atoms with E-state index in [1.165, 1.54) is 4.90 Å². The molecule has 1 fully saturated rings. The van der Waals surface area contributed by atoms with E-state index in [9.17, 15) is 14.4 Å². The minimum absolute atomic E-state index is 0.330. The third kappa shape index (κ3) is 3.37. The van der Waals surface area contributed by atoms with Crippen molar-refractivity contribution in [3.8, 4) is 5.75 Å². The van der Waals surface area contributed by atoms with Crippen molar-refractivity contribution in [3.05, 3.63) is 89.6 Å². The molecule has 0 spiro atoms. The van der Waals surface area contributed by atoms with Crippen LogP contribution in [0.1, 0.15) is 27.5 Å². The number of rotatable bonds is 5. The number of hydrogen-bond acceptors (Lipinski definition) is 5. The predicted molar refractivity (Wildman–Crippen MR) is 111 cm³/mol. The Bertz CT molecular complexity index is 1090. The molecule has 1 saturated heterocycles. The van der Waals surface area contributed by atoms with Gasteiger partial charge in [0.05, 0.1) is 13.2 Å². The fraction of sp³-hybridized carbons (Fsp3) is 0.167. The number of methoxy groups -OCH3 is 1. The molecule has 0 bridgehead atoms. The van der Waals surface area contributed by atoms with Crippen LogP contribution >= 0.6 is 0 Å². The summed E-state index contributed by atoms with van der Waals surface area (Å²) in [6.07, 6.45) is 1.55. The van der Waals surface area contributed by atoms with E-state index in [1.807, 2.05) is 19.1 Å². The maximum atomic E-state index is 13.4. The number of ether oxygens (including phenoxy) is 1. The van der Waals surface area contributed by atoms with Gasteiger partial charge >= 0.3 is 0 Å². The number of pyridine rings is 1. The van der Waals surface area contributed by atoms with Crippen LogP contribution in [-0.2, 0) is 9.59 Å². The fourth-order valence-electron chi connectivity index (χ4n) is 3.72. The van der Waals surface area contributed by atoms with E-state index in [-0.39, 0.29) is 5.78 Å². The topological polar surface area (TPSA) is 76.6 Å². The Balaban J connectivity index is 1.83. The summed E-state index contributed by atoms with van der Waals surface area (Å²) >= 11 is 0. The third-order valence-electron chi connectivity index (χ3n) is 5.28. The minimum atomic E-state index is -1.16. The Morgan fingerprint density at radius 1 is 0.967 bits per heavy atom. The number of Topliss-reactive ketones (excluding diaryl/α,β-unsaturated/α-hetero) is 2. The Kier molecular flexibility index (Phi) is 5.14. The molecule has 1 amide bonds. The summed E-state index contributed by atoms with van der Waals surface area (Å²) in [4.78, 5) is 44.9. The highest BCUT2D eigenvalue weighted by atomic mass is 16.5. The monoisotopic (exact) mass is 400 g/mol. The van der Waals surface area contributed by atoms with Crippen LogP contribution in [0.15, 0.2) is 72.9 Å². The number of aromatic nitrogens is 1. The molecular formula is C24H20N2O4. The summed E-state index contributed by atoms with van der Waals surface area (Å²) in [5.74, 6) is -2.04. The zero-order valence-electron chi connectivity index (χ0n) is 16.6. The zero-order valence-corrected chi connectivity index (χ0v) is 16.6. The number of anilines is 1. The van der Waals surface area contributed by atoms with E-state index in [1.54, 1.807) is 67.9 Å². The zero-order chi connectivity index (χ0) is 21.3. The van der Waals surface area contributed by atoms with Gasteiger partial charge < -0.3 is 4.74 Å². The lowest BCUT2D eigenvalue weighted by Crippen LogP contribution is -2.31. The molecule has 3 aromatic rings. The summed E-state index contributed by atoms with van der Waals surface area (Å²) in [6.45, 7) is 1.92. The van der Waals surface area contributed by atoms with Crippen LogP contribution in [0.25, 0.3) is 0 Å². The van der Waals surface area contributed by atoms with Crippen molar-refractivity contribution < 1.29 is 19.1 Å². The number of amides is 1. The third-order valence-corrected chi connectivity index (χ3v) is 5.28. The average Bonchev–Trinajstić information content (AvgIpc) is 3.05. The lowest BCUT2D eigenvalue weighted by atomic mass is 9.86. The van der Waals surface area contributed by atoms with Crippen LogP contribution in [0.5, 0.6) is 5.75 Å². The van der Waals surface area contributed by atoms with Gasteiger partial charge in [0.15, 0.2) is 5.78 Å². The summed E-state index contributed by atoms with van der Waals surface area (Å²) in [5, 5.41) is 0. The first kappa shape index (κ1) is 19.5. The van der Waals surface area contributed by atoms with Gasteiger partial charge in [-0.1, -0.05) is 48.0 Å². The number of carbonyl (C=O) groups excluding carboxylic acids is 3. The number of ketones is 2. The normalized spacial score (nSPS) is 18.5. The Morgan fingerprint density at radius 3 is 2.27 bits per heavy atom. The highest BCUT2D eigenvalue weighted by Crippen LogP contribution is 2.40. The van der Waals surface area contributed by atoms with Crippen molar-refractivity contribution in [1.82, 2.24) is 4.98 Å². The number of benzene rings is 2. The predicted octanol–water partition coefficient (Wildman–Crippen LogP) is 3.55. The molecule has 0 saturated carbocycles. The molecule has 2 aromatic carbocycles. The van der Waals surface area contributed by atoms with Crippen LogP contribution in [0.4, 0.5) is 5.82 Å². The second kappa shape index (κ2) is 7.91. The van der Waals surface area contributed by atoms with Gasteiger partial charge in [0.2, 0.25) is 5.78 Å². The smallest absolute Gasteiger partial charge is 0.297 e. The standard InChI is InChI=1S/C24H20N2O4/c1-15-6-8-17(9-7-15)22(27)20-21(16-10-12-18(30-2)13-11-16)26(24(29)23(20)28)19-5-3-4-14-25-19/h3-14,20-21H,1-2H3. The van der Waals surface area contributed by atoms with E-state index in [4.69, 9.17) is 4.74 Å². The number of aryl methyl sites for hydroxylation is 1. The van der Waals surface area contributed by atoms with Crippen LogP contribution < -0.4 is 9.64 Å². The first-order valence-corrected chi connectivity index (χ1v) is 9.54. The summed E-state index contributed by atoms with van der Waals surface area (Å²) < 4.78 is 5.21. The number of hydrogen-bond donors (Lipinski definition) is 0. The molecule has 6 heteroatoms. The lowest BCUT2D eigenvalue weighted by Gasteiger charge is -2.26. The van der Waals surface area contributed by atoms with Crippen molar-refractivity contribution in [3.63, 3.8) is 0 Å². The van der Waals surface area contributed by atoms with Gasteiger partial charge in [-0.3, -0.25) is 19.3 Å². The second-order valence-corrected chi connectivity index (χ2v) is 7.15. The average molecular weight is 400 g/mol. The van der Waals surface area contributed by atoms with Gasteiger partial charge in [0.1, 0.15) is 17.5 Å². The molecule has 4 rings (SSSR count). The van der Waals surface area contributed by atoms with Crippen molar-refractivity contribution in [2.24, 2.45) is 5.92 Å². The van der Waals surface area contributed by atoms with E-state index in [0.29, 0.717) is 22.7 Å². The van der Waals surface area contributed by atoms with Gasteiger partial charge in [0.25, 0.3) is 5.91 Å². The van der Waals surface area contributed by atoms with Crippen molar-refractivity contribution in [2.45, 2.75) is 13.0 Å². The Morgan fingerprint density at radius 2 is 1.67 bits per heavy atom. The molecule has 0 aliphatic carbocycles. The molecule has 2 unspecified atom stereocenters. The maximum absolute atomic E-state index is 13.4. The first-order valence-electron chi connectivity index (χ1n) is 9.54. The number of nitrogens with zero attached hydrogens (tertiary/aromatic N) is 2. The van der Waals surface area contributed by atoms with E-state index in [0.717, 1.165) is 5.56 Å². The Hall–Kier alpha value is -3.80. The van der Waals surface area contributed by atoms with Crippen LogP contribution in [0.3, 0.4) is 0 Å². The molecule has 1 aliphatic heterocycles. The molecule has 1 aliphatic rings. The SMILES string of the molecule is COc1ccc(C2C(C(=O)c3ccc(C)cc3)C(=O)C(=O)N2c2ccccn2)cc1. The van der Waals surface area contributed by atoms with Crippen molar-refractivity contribution >= 4 is 23.3 Å². The van der Waals surface area contributed by atoms with Gasteiger partial charge in [-0.2, -0.15) is 0 Å². The molecule has 2 atom stereocenters. The maximum Gasteiger partial charge on any atom is 0.297 e. The molecule has 0 radical (unpaired) electrons. The van der Waals surface area contributed by atoms with Crippen LogP contribution in [-0.4, -0.2) is 29.6 Å². The van der Waals surface area contributed by atoms with E-state index in [2.05, 4.69) is 4.98 Å². The molecular weight excluding hydrogens is 380 g/mol. The van der Waals surface area contributed by atoms with E-state index < -0.39 is 23.7 Å². The van der Waals surface area contributed by atoms with Crippen LogP contribution in [0.2, 0.25) is 0 Å². The molecule has 30 heavy (non-hydrogen) atoms. The summed E-state index contributed by atoms with van der Waals surface area (Å²) in [5.41, 5.74) is 2.06. The summed E-state index contributed by atoms with van der Waals surface area (Å²) in [7, 11) is 1.56. The highest BCUT2D eigenvalue weighted by molar-refractivity contribution is 6.48. The van der Waals surface area contributed by atoms with Gasteiger partial charge in [-0.05, 0) is 36.8 Å². The van der Waals surface area contributed by atoms with Gasteiger partial charge in [-0.25, -0.2) is 4.98 Å². The summed E-state index contributed by atoms with van der Waals surface area (Å²) in [6, 6.07) is 18.3.